The van der Waals surface area contributed by atoms with Gasteiger partial charge in [-0.05, 0) is 5.41 Å². The van der Waals surface area contributed by atoms with E-state index in [2.05, 4.69) is 26.3 Å². The lowest BCUT2D eigenvalue weighted by molar-refractivity contribution is -0.125. The van der Waals surface area contributed by atoms with Crippen LogP contribution in [0.4, 0.5) is 0 Å². The summed E-state index contributed by atoms with van der Waals surface area (Å²) in [6, 6.07) is 0. The molecule has 0 aromatic carbocycles. The van der Waals surface area contributed by atoms with Gasteiger partial charge in [-0.1, -0.05) is 20.8 Å². The van der Waals surface area contributed by atoms with Crippen molar-refractivity contribution < 1.29 is 9.63 Å². The van der Waals surface area contributed by atoms with Crippen LogP contribution in [-0.2, 0) is 9.63 Å². The van der Waals surface area contributed by atoms with E-state index in [0.29, 0.717) is 6.54 Å². The van der Waals surface area contributed by atoms with E-state index in [9.17, 15) is 4.79 Å². The van der Waals surface area contributed by atoms with Gasteiger partial charge in [0.05, 0.1) is 0 Å². The Bertz CT molecular complexity index is 129. The number of hydrogen-bond donors (Lipinski definition) is 2. The average Bonchev–Trinajstić information content (AvgIpc) is 1.78. The van der Waals surface area contributed by atoms with Crippen molar-refractivity contribution in [2.75, 3.05) is 13.2 Å². The van der Waals surface area contributed by atoms with Gasteiger partial charge in [0.2, 0.25) is 5.91 Å². The lowest BCUT2D eigenvalue weighted by Gasteiger charge is -2.17. The minimum atomic E-state index is -0.466. The van der Waals surface area contributed by atoms with E-state index < -0.39 is 5.91 Å². The molecule has 0 radical (unpaired) electrons. The summed E-state index contributed by atoms with van der Waals surface area (Å²) < 4.78 is 0. The summed E-state index contributed by atoms with van der Waals surface area (Å²) in [4.78, 5) is 14.9. The van der Waals surface area contributed by atoms with Gasteiger partial charge in [-0.2, -0.15) is 0 Å². The normalized spacial score (nSPS) is 11.5. The highest BCUT2D eigenvalue weighted by atomic mass is 16.6. The standard InChI is InChI=1S/C7H16N2O2/c1-7(2,3)5-9-11-4-6(8)10/h9H,4-5H2,1-3H3,(H2,8,10). The number of nitrogens with one attached hydrogen (secondary N) is 1. The van der Waals surface area contributed by atoms with Crippen LogP contribution in [0.5, 0.6) is 0 Å². The molecule has 0 atom stereocenters. The third-order valence-corrected chi connectivity index (χ3v) is 0.919. The molecule has 0 saturated carbocycles. The molecule has 0 unspecified atom stereocenters. The van der Waals surface area contributed by atoms with Gasteiger partial charge in [0, 0.05) is 6.54 Å². The Hall–Kier alpha value is -0.610. The molecular formula is C7H16N2O2. The molecule has 11 heavy (non-hydrogen) atoms. The fraction of sp³-hybridized carbons (Fsp3) is 0.857. The van der Waals surface area contributed by atoms with Crippen LogP contribution in [0, 0.1) is 5.41 Å². The lowest BCUT2D eigenvalue weighted by Crippen LogP contribution is -2.30. The van der Waals surface area contributed by atoms with E-state index in [0.717, 1.165) is 0 Å². The van der Waals surface area contributed by atoms with Crippen LogP contribution < -0.4 is 11.2 Å². The quantitative estimate of drug-likeness (QED) is 0.451. The van der Waals surface area contributed by atoms with E-state index in [4.69, 9.17) is 10.6 Å². The predicted octanol–water partition coefficient (Wildman–Crippen LogP) is 0.0390. The van der Waals surface area contributed by atoms with Crippen LogP contribution >= 0.6 is 0 Å². The minimum absolute atomic E-state index is 0.0733. The van der Waals surface area contributed by atoms with Crippen LogP contribution in [0.1, 0.15) is 20.8 Å². The first-order valence-corrected chi connectivity index (χ1v) is 3.55. The fourth-order valence-corrected chi connectivity index (χ4v) is 0.390. The van der Waals surface area contributed by atoms with Crippen LogP contribution in [0.15, 0.2) is 0 Å². The molecule has 0 aromatic rings. The van der Waals surface area contributed by atoms with Crippen LogP contribution in [0.25, 0.3) is 0 Å². The number of primary amides is 1. The highest BCUT2D eigenvalue weighted by Crippen LogP contribution is 2.09. The van der Waals surface area contributed by atoms with Crippen molar-refractivity contribution in [3.05, 3.63) is 0 Å². The van der Waals surface area contributed by atoms with Gasteiger partial charge >= 0.3 is 0 Å². The zero-order valence-electron chi connectivity index (χ0n) is 7.31. The maximum atomic E-state index is 10.2. The molecule has 4 heteroatoms. The van der Waals surface area contributed by atoms with Gasteiger partial charge in [0.25, 0.3) is 0 Å². The number of hydrogen-bond acceptors (Lipinski definition) is 3. The second kappa shape index (κ2) is 4.31. The molecule has 0 heterocycles. The van der Waals surface area contributed by atoms with Crippen LogP contribution in [-0.4, -0.2) is 19.1 Å². The third-order valence-electron chi connectivity index (χ3n) is 0.919. The fourth-order valence-electron chi connectivity index (χ4n) is 0.390. The Labute approximate surface area is 67.0 Å². The zero-order chi connectivity index (χ0) is 8.91. The van der Waals surface area contributed by atoms with Gasteiger partial charge in [0.15, 0.2) is 0 Å². The molecule has 0 aliphatic rings. The summed E-state index contributed by atoms with van der Waals surface area (Å²) in [6.07, 6.45) is 0. The summed E-state index contributed by atoms with van der Waals surface area (Å²) in [5, 5.41) is 0. The number of hydroxylamine groups is 1. The van der Waals surface area contributed by atoms with Crippen molar-refractivity contribution in [1.82, 2.24) is 5.48 Å². The molecule has 0 aliphatic carbocycles. The summed E-state index contributed by atoms with van der Waals surface area (Å²) in [5.41, 5.74) is 7.64. The first kappa shape index (κ1) is 10.4. The Kier molecular flexibility index (Phi) is 4.07. The second-order valence-corrected chi connectivity index (χ2v) is 3.64. The smallest absolute Gasteiger partial charge is 0.245 e. The molecule has 66 valence electrons. The summed E-state index contributed by atoms with van der Waals surface area (Å²) >= 11 is 0. The van der Waals surface area contributed by atoms with Gasteiger partial charge < -0.3 is 5.73 Å². The maximum Gasteiger partial charge on any atom is 0.245 e. The molecular weight excluding hydrogens is 144 g/mol. The number of carbonyl (C=O) groups excluding carboxylic acids is 1. The molecule has 0 rings (SSSR count). The average molecular weight is 160 g/mol. The minimum Gasteiger partial charge on any atom is -0.368 e. The summed E-state index contributed by atoms with van der Waals surface area (Å²) in [7, 11) is 0. The molecule has 1 amide bonds. The van der Waals surface area contributed by atoms with Crippen molar-refractivity contribution in [3.8, 4) is 0 Å². The lowest BCUT2D eigenvalue weighted by atomic mass is 9.98. The Morgan fingerprint density at radius 1 is 1.55 bits per heavy atom. The Morgan fingerprint density at radius 2 is 2.09 bits per heavy atom. The Balaban J connectivity index is 3.22. The third kappa shape index (κ3) is 9.39. The number of carbonyl (C=O) groups is 1. The number of amides is 1. The van der Waals surface area contributed by atoms with Crippen LogP contribution in [0.3, 0.4) is 0 Å². The highest BCUT2D eigenvalue weighted by molar-refractivity contribution is 5.74. The number of rotatable bonds is 4. The topological polar surface area (TPSA) is 64.3 Å². The molecule has 0 fully saturated rings. The van der Waals surface area contributed by atoms with Crippen LogP contribution in [0.2, 0.25) is 0 Å². The molecule has 3 N–H and O–H groups in total. The molecule has 0 saturated heterocycles. The van der Waals surface area contributed by atoms with Gasteiger partial charge in [-0.15, -0.1) is 0 Å². The molecule has 0 aromatic heterocycles. The molecule has 0 bridgehead atoms. The second-order valence-electron chi connectivity index (χ2n) is 3.64. The van der Waals surface area contributed by atoms with E-state index in [1.165, 1.54) is 0 Å². The summed E-state index contributed by atoms with van der Waals surface area (Å²) in [6.45, 7) is 6.81. The number of nitrogens with two attached hydrogens (primary N) is 1. The first-order valence-electron chi connectivity index (χ1n) is 3.55. The van der Waals surface area contributed by atoms with E-state index in [1.807, 2.05) is 0 Å². The highest BCUT2D eigenvalue weighted by Gasteiger charge is 2.08. The summed E-state index contributed by atoms with van der Waals surface area (Å²) in [5.74, 6) is -0.466. The van der Waals surface area contributed by atoms with Crippen molar-refractivity contribution >= 4 is 5.91 Å². The Morgan fingerprint density at radius 3 is 2.45 bits per heavy atom. The van der Waals surface area contributed by atoms with Crippen molar-refractivity contribution in [2.45, 2.75) is 20.8 Å². The molecule has 0 spiro atoms. The van der Waals surface area contributed by atoms with Gasteiger partial charge in [-0.25, -0.2) is 5.48 Å². The van der Waals surface area contributed by atoms with Gasteiger partial charge in [-0.3, -0.25) is 9.63 Å². The molecule has 0 aliphatic heterocycles. The van der Waals surface area contributed by atoms with Crippen molar-refractivity contribution in [1.29, 1.82) is 0 Å². The van der Waals surface area contributed by atoms with Crippen molar-refractivity contribution in [3.63, 3.8) is 0 Å². The predicted molar refractivity (Wildman–Crippen MR) is 42.6 cm³/mol. The monoisotopic (exact) mass is 160 g/mol. The SMILES string of the molecule is CC(C)(C)CNOCC(N)=O. The van der Waals surface area contributed by atoms with Gasteiger partial charge in [0.1, 0.15) is 6.61 Å². The maximum absolute atomic E-state index is 10.2. The van der Waals surface area contributed by atoms with E-state index in [1.54, 1.807) is 0 Å². The molecule has 4 nitrogen and oxygen atoms in total. The van der Waals surface area contributed by atoms with Crippen molar-refractivity contribution in [2.24, 2.45) is 11.1 Å². The van der Waals surface area contributed by atoms with E-state index >= 15 is 0 Å². The zero-order valence-corrected chi connectivity index (χ0v) is 7.31. The first-order chi connectivity index (χ1) is 4.92. The largest absolute Gasteiger partial charge is 0.368 e. The van der Waals surface area contributed by atoms with E-state index in [-0.39, 0.29) is 12.0 Å².